The first-order valence-electron chi connectivity index (χ1n) is 8.16. The SMILES string of the molecule is O=C(c1ccc(F)cc1)[C@H]1CCCC[C@@H]1C(=O)c1ccc(F)cc1. The normalized spacial score (nSPS) is 20.6. The van der Waals surface area contributed by atoms with Gasteiger partial charge in [0.05, 0.1) is 0 Å². The number of carbonyl (C=O) groups excluding carboxylic acids is 2. The van der Waals surface area contributed by atoms with Gasteiger partial charge in [-0.1, -0.05) is 12.8 Å². The third-order valence-electron chi connectivity index (χ3n) is 4.70. The molecule has 0 bridgehead atoms. The largest absolute Gasteiger partial charge is 0.294 e. The Labute approximate surface area is 139 Å². The Morgan fingerprint density at radius 1 is 0.667 bits per heavy atom. The van der Waals surface area contributed by atoms with Crippen molar-refractivity contribution >= 4 is 11.6 Å². The first-order chi connectivity index (χ1) is 11.6. The molecule has 2 atom stereocenters. The van der Waals surface area contributed by atoms with Gasteiger partial charge in [-0.05, 0) is 61.4 Å². The second kappa shape index (κ2) is 7.04. The second-order valence-corrected chi connectivity index (χ2v) is 6.24. The summed E-state index contributed by atoms with van der Waals surface area (Å²) in [6, 6.07) is 10.9. The zero-order chi connectivity index (χ0) is 17.1. The van der Waals surface area contributed by atoms with E-state index >= 15 is 0 Å². The topological polar surface area (TPSA) is 34.1 Å². The average molecular weight is 328 g/mol. The van der Waals surface area contributed by atoms with Crippen molar-refractivity contribution in [1.29, 1.82) is 0 Å². The summed E-state index contributed by atoms with van der Waals surface area (Å²) in [4.78, 5) is 25.6. The molecule has 1 saturated carbocycles. The molecular weight excluding hydrogens is 310 g/mol. The van der Waals surface area contributed by atoms with Crippen molar-refractivity contribution in [3.8, 4) is 0 Å². The highest BCUT2D eigenvalue weighted by Crippen LogP contribution is 2.35. The van der Waals surface area contributed by atoms with Gasteiger partial charge >= 0.3 is 0 Å². The lowest BCUT2D eigenvalue weighted by Crippen LogP contribution is -2.33. The molecule has 1 fully saturated rings. The van der Waals surface area contributed by atoms with E-state index in [9.17, 15) is 18.4 Å². The van der Waals surface area contributed by atoms with Crippen LogP contribution in [-0.4, -0.2) is 11.6 Å². The Morgan fingerprint density at radius 3 is 1.33 bits per heavy atom. The number of hydrogen-bond acceptors (Lipinski definition) is 2. The van der Waals surface area contributed by atoms with Crippen LogP contribution < -0.4 is 0 Å². The Bertz CT molecular complexity index is 670. The highest BCUT2D eigenvalue weighted by atomic mass is 19.1. The van der Waals surface area contributed by atoms with Gasteiger partial charge in [-0.15, -0.1) is 0 Å². The molecule has 0 saturated heterocycles. The van der Waals surface area contributed by atoms with E-state index in [4.69, 9.17) is 0 Å². The van der Waals surface area contributed by atoms with Crippen LogP contribution in [0.4, 0.5) is 8.78 Å². The Balaban J connectivity index is 1.85. The summed E-state index contributed by atoms with van der Waals surface area (Å²) in [5.41, 5.74) is 0.861. The van der Waals surface area contributed by atoms with Crippen molar-refractivity contribution in [2.75, 3.05) is 0 Å². The number of Topliss-reactive ketones (excluding diaryl/α,β-unsaturated/α-hetero) is 2. The van der Waals surface area contributed by atoms with Gasteiger partial charge in [-0.3, -0.25) is 9.59 Å². The highest BCUT2D eigenvalue weighted by molar-refractivity contribution is 6.05. The standard InChI is InChI=1S/C20H18F2O2/c21-15-9-5-13(6-10-15)19(23)17-3-1-2-4-18(17)20(24)14-7-11-16(22)12-8-14/h5-12,17-18H,1-4H2/t17-,18-/m0/s1. The van der Waals surface area contributed by atoms with Gasteiger partial charge in [0.15, 0.2) is 11.6 Å². The van der Waals surface area contributed by atoms with E-state index in [1.165, 1.54) is 48.5 Å². The van der Waals surface area contributed by atoms with Crippen LogP contribution in [0, 0.1) is 23.5 Å². The average Bonchev–Trinajstić information content (AvgIpc) is 2.62. The first-order valence-corrected chi connectivity index (χ1v) is 8.16. The number of rotatable bonds is 4. The first kappa shape index (κ1) is 16.5. The van der Waals surface area contributed by atoms with Crippen LogP contribution in [0.3, 0.4) is 0 Å². The molecule has 1 aliphatic carbocycles. The van der Waals surface area contributed by atoms with Crippen LogP contribution in [0.2, 0.25) is 0 Å². The van der Waals surface area contributed by atoms with Crippen molar-refractivity contribution in [2.24, 2.45) is 11.8 Å². The molecule has 2 aromatic carbocycles. The molecule has 2 aromatic rings. The Hall–Kier alpha value is -2.36. The number of carbonyl (C=O) groups is 2. The summed E-state index contributed by atoms with van der Waals surface area (Å²) in [7, 11) is 0. The van der Waals surface area contributed by atoms with E-state index in [0.29, 0.717) is 24.0 Å². The second-order valence-electron chi connectivity index (χ2n) is 6.24. The Kier molecular flexibility index (Phi) is 4.84. The summed E-state index contributed by atoms with van der Waals surface area (Å²) >= 11 is 0. The van der Waals surface area contributed by atoms with Gasteiger partial charge in [-0.2, -0.15) is 0 Å². The molecule has 2 nitrogen and oxygen atoms in total. The monoisotopic (exact) mass is 328 g/mol. The van der Waals surface area contributed by atoms with Crippen LogP contribution >= 0.6 is 0 Å². The minimum atomic E-state index is -0.401. The minimum absolute atomic E-state index is 0.116. The summed E-state index contributed by atoms with van der Waals surface area (Å²) in [5, 5.41) is 0. The molecule has 0 N–H and O–H groups in total. The van der Waals surface area contributed by atoms with Crippen LogP contribution in [0.25, 0.3) is 0 Å². The molecule has 1 aliphatic rings. The van der Waals surface area contributed by atoms with Gasteiger partial charge in [0.1, 0.15) is 11.6 Å². The lowest BCUT2D eigenvalue weighted by atomic mass is 9.72. The van der Waals surface area contributed by atoms with Crippen molar-refractivity contribution in [3.05, 3.63) is 71.3 Å². The van der Waals surface area contributed by atoms with Gasteiger partial charge in [-0.25, -0.2) is 8.78 Å². The fraction of sp³-hybridized carbons (Fsp3) is 0.300. The molecule has 0 spiro atoms. The van der Waals surface area contributed by atoms with Gasteiger partial charge < -0.3 is 0 Å². The molecule has 0 radical (unpaired) electrons. The summed E-state index contributed by atoms with van der Waals surface area (Å²) in [6.45, 7) is 0. The minimum Gasteiger partial charge on any atom is -0.294 e. The molecule has 0 heterocycles. The molecule has 24 heavy (non-hydrogen) atoms. The third-order valence-corrected chi connectivity index (χ3v) is 4.70. The summed E-state index contributed by atoms with van der Waals surface area (Å²) in [5.74, 6) is -1.82. The summed E-state index contributed by atoms with van der Waals surface area (Å²) < 4.78 is 26.1. The molecule has 0 aliphatic heterocycles. The maximum absolute atomic E-state index is 13.1. The molecule has 0 aromatic heterocycles. The van der Waals surface area contributed by atoms with Gasteiger partial charge in [0.2, 0.25) is 0 Å². The number of ketones is 2. The Morgan fingerprint density at radius 2 is 1.00 bits per heavy atom. The van der Waals surface area contributed by atoms with Crippen molar-refractivity contribution in [2.45, 2.75) is 25.7 Å². The number of halogens is 2. The van der Waals surface area contributed by atoms with Crippen molar-refractivity contribution < 1.29 is 18.4 Å². The van der Waals surface area contributed by atoms with E-state index in [1.807, 2.05) is 0 Å². The molecular formula is C20H18F2O2. The zero-order valence-electron chi connectivity index (χ0n) is 13.2. The molecule has 124 valence electrons. The third kappa shape index (κ3) is 3.42. The number of hydrogen-bond donors (Lipinski definition) is 0. The fourth-order valence-electron chi connectivity index (χ4n) is 3.41. The zero-order valence-corrected chi connectivity index (χ0v) is 13.2. The van der Waals surface area contributed by atoms with Crippen molar-refractivity contribution in [3.63, 3.8) is 0 Å². The highest BCUT2D eigenvalue weighted by Gasteiger charge is 2.36. The smallest absolute Gasteiger partial charge is 0.166 e. The predicted octanol–water partition coefficient (Wildman–Crippen LogP) is 4.84. The van der Waals surface area contributed by atoms with Gasteiger partial charge in [0, 0.05) is 23.0 Å². The lowest BCUT2D eigenvalue weighted by molar-refractivity contribution is 0.0709. The van der Waals surface area contributed by atoms with Crippen LogP contribution in [0.5, 0.6) is 0 Å². The molecule has 0 amide bonds. The fourth-order valence-corrected chi connectivity index (χ4v) is 3.41. The van der Waals surface area contributed by atoms with E-state index in [1.54, 1.807) is 0 Å². The molecule has 3 rings (SSSR count). The quantitative estimate of drug-likeness (QED) is 0.753. The van der Waals surface area contributed by atoms with E-state index in [2.05, 4.69) is 0 Å². The summed E-state index contributed by atoms with van der Waals surface area (Å²) in [6.07, 6.45) is 3.08. The molecule has 0 unspecified atom stereocenters. The maximum Gasteiger partial charge on any atom is 0.166 e. The van der Waals surface area contributed by atoms with E-state index < -0.39 is 23.5 Å². The van der Waals surface area contributed by atoms with Gasteiger partial charge in [0.25, 0.3) is 0 Å². The van der Waals surface area contributed by atoms with E-state index in [-0.39, 0.29) is 11.6 Å². The van der Waals surface area contributed by atoms with Crippen molar-refractivity contribution in [1.82, 2.24) is 0 Å². The lowest BCUT2D eigenvalue weighted by Gasteiger charge is -2.29. The number of benzene rings is 2. The maximum atomic E-state index is 13.1. The molecule has 4 heteroatoms. The van der Waals surface area contributed by atoms with Crippen LogP contribution in [0.15, 0.2) is 48.5 Å². The van der Waals surface area contributed by atoms with Crippen LogP contribution in [-0.2, 0) is 0 Å². The van der Waals surface area contributed by atoms with E-state index in [0.717, 1.165) is 12.8 Å². The predicted molar refractivity (Wildman–Crippen MR) is 86.9 cm³/mol. The van der Waals surface area contributed by atoms with Crippen LogP contribution in [0.1, 0.15) is 46.4 Å².